The predicted octanol–water partition coefficient (Wildman–Crippen LogP) is 3.12. The zero-order valence-electron chi connectivity index (χ0n) is 12.1. The molecule has 0 aliphatic heterocycles. The van der Waals surface area contributed by atoms with E-state index >= 15 is 0 Å². The van der Waals surface area contributed by atoms with Crippen LogP contribution in [0.2, 0.25) is 10.0 Å². The Morgan fingerprint density at radius 1 is 1.33 bits per heavy atom. The van der Waals surface area contributed by atoms with Crippen molar-refractivity contribution in [1.29, 1.82) is 0 Å². The average Bonchev–Trinajstić information content (AvgIpc) is 2.39. The van der Waals surface area contributed by atoms with E-state index in [0.29, 0.717) is 22.3 Å². The highest BCUT2D eigenvalue weighted by atomic mass is 35.5. The second kappa shape index (κ2) is 7.11. The second-order valence-corrected chi connectivity index (χ2v) is 5.89. The molecule has 0 fully saturated rings. The van der Waals surface area contributed by atoms with Crippen molar-refractivity contribution in [3.8, 4) is 0 Å². The molecule has 0 bridgehead atoms. The van der Waals surface area contributed by atoms with Gasteiger partial charge in [-0.2, -0.15) is 0 Å². The van der Waals surface area contributed by atoms with Crippen LogP contribution in [0, 0.1) is 0 Å². The largest absolute Gasteiger partial charge is 0.480 e. The van der Waals surface area contributed by atoms with Gasteiger partial charge in [0.2, 0.25) is 5.91 Å². The van der Waals surface area contributed by atoms with Crippen LogP contribution in [0.3, 0.4) is 0 Å². The number of likely N-dealkylation sites (N-methyl/N-ethyl adjacent to an activating group) is 1. The number of nitrogens with one attached hydrogen (secondary N) is 1. The maximum absolute atomic E-state index is 12.1. The van der Waals surface area contributed by atoms with Crippen LogP contribution in [0.15, 0.2) is 18.2 Å². The Morgan fingerprint density at radius 2 is 1.95 bits per heavy atom. The van der Waals surface area contributed by atoms with E-state index in [1.54, 1.807) is 43.9 Å². The summed E-state index contributed by atoms with van der Waals surface area (Å²) in [6, 6.07) is 4.74. The standard InChI is InChI=1S/C14H18Cl2N2O3/c1-4-18(14(2,3)13(20)21)8-12(19)17-11-7-9(15)5-6-10(11)16/h5-7H,4,8H2,1-3H3,(H,17,19)(H,20,21). The number of rotatable bonds is 6. The smallest absolute Gasteiger partial charge is 0.323 e. The number of anilines is 1. The molecule has 5 nitrogen and oxygen atoms in total. The zero-order chi connectivity index (χ0) is 16.2. The van der Waals surface area contributed by atoms with Gasteiger partial charge in [0.1, 0.15) is 5.54 Å². The van der Waals surface area contributed by atoms with Gasteiger partial charge in [0.25, 0.3) is 0 Å². The van der Waals surface area contributed by atoms with Crippen molar-refractivity contribution < 1.29 is 14.7 Å². The number of carboxylic acid groups (broad SMARTS) is 1. The fourth-order valence-corrected chi connectivity index (χ4v) is 2.13. The van der Waals surface area contributed by atoms with Crippen molar-refractivity contribution in [3.05, 3.63) is 28.2 Å². The fourth-order valence-electron chi connectivity index (χ4n) is 1.80. The third-order valence-electron chi connectivity index (χ3n) is 3.23. The van der Waals surface area contributed by atoms with E-state index in [1.165, 1.54) is 0 Å². The molecule has 1 aromatic carbocycles. The summed E-state index contributed by atoms with van der Waals surface area (Å²) in [5.74, 6) is -1.34. The topological polar surface area (TPSA) is 69.6 Å². The lowest BCUT2D eigenvalue weighted by Crippen LogP contribution is -2.52. The summed E-state index contributed by atoms with van der Waals surface area (Å²) in [5.41, 5.74) is -0.733. The number of amides is 1. The van der Waals surface area contributed by atoms with Gasteiger partial charge in [-0.3, -0.25) is 14.5 Å². The quantitative estimate of drug-likeness (QED) is 0.839. The van der Waals surface area contributed by atoms with E-state index in [-0.39, 0.29) is 12.5 Å². The Kier molecular flexibility index (Phi) is 6.01. The van der Waals surface area contributed by atoms with E-state index in [2.05, 4.69) is 5.32 Å². The van der Waals surface area contributed by atoms with Crippen molar-refractivity contribution in [1.82, 2.24) is 4.90 Å². The number of carbonyl (C=O) groups excluding carboxylic acids is 1. The first-order chi connectivity index (χ1) is 9.68. The monoisotopic (exact) mass is 332 g/mol. The Bertz CT molecular complexity index is 547. The summed E-state index contributed by atoms with van der Waals surface area (Å²) >= 11 is 11.8. The van der Waals surface area contributed by atoms with Crippen molar-refractivity contribution >= 4 is 40.8 Å². The van der Waals surface area contributed by atoms with Gasteiger partial charge in [0.15, 0.2) is 0 Å². The van der Waals surface area contributed by atoms with Crippen molar-refractivity contribution in [3.63, 3.8) is 0 Å². The highest BCUT2D eigenvalue weighted by Gasteiger charge is 2.34. The summed E-state index contributed by atoms with van der Waals surface area (Å²) in [6.07, 6.45) is 0. The van der Waals surface area contributed by atoms with E-state index in [4.69, 9.17) is 23.2 Å². The Hall–Kier alpha value is -1.30. The molecular formula is C14H18Cl2N2O3. The Morgan fingerprint density at radius 3 is 2.48 bits per heavy atom. The SMILES string of the molecule is CCN(CC(=O)Nc1cc(Cl)ccc1Cl)C(C)(C)C(=O)O. The van der Waals surface area contributed by atoms with E-state index in [0.717, 1.165) is 0 Å². The van der Waals surface area contributed by atoms with Crippen LogP contribution in [-0.2, 0) is 9.59 Å². The molecule has 0 spiro atoms. The zero-order valence-corrected chi connectivity index (χ0v) is 13.6. The number of benzene rings is 1. The van der Waals surface area contributed by atoms with Gasteiger partial charge in [-0.15, -0.1) is 0 Å². The van der Waals surface area contributed by atoms with E-state index in [9.17, 15) is 14.7 Å². The van der Waals surface area contributed by atoms with E-state index < -0.39 is 11.5 Å². The number of hydrogen-bond donors (Lipinski definition) is 2. The van der Waals surface area contributed by atoms with E-state index in [1.807, 2.05) is 0 Å². The number of halogens is 2. The van der Waals surface area contributed by atoms with Crippen LogP contribution < -0.4 is 5.32 Å². The van der Waals surface area contributed by atoms with Crippen LogP contribution in [0.25, 0.3) is 0 Å². The van der Waals surface area contributed by atoms with Crippen LogP contribution in [0.4, 0.5) is 5.69 Å². The first kappa shape index (κ1) is 17.8. The first-order valence-corrected chi connectivity index (χ1v) is 7.17. The van der Waals surface area contributed by atoms with Gasteiger partial charge < -0.3 is 10.4 Å². The number of aliphatic carboxylic acids is 1. The molecule has 1 amide bonds. The van der Waals surface area contributed by atoms with Crippen molar-refractivity contribution in [2.45, 2.75) is 26.3 Å². The molecule has 0 aliphatic carbocycles. The highest BCUT2D eigenvalue weighted by Crippen LogP contribution is 2.25. The first-order valence-electron chi connectivity index (χ1n) is 6.41. The minimum absolute atomic E-state index is 0.0569. The third-order valence-corrected chi connectivity index (χ3v) is 3.80. The lowest BCUT2D eigenvalue weighted by Gasteiger charge is -2.33. The summed E-state index contributed by atoms with van der Waals surface area (Å²) in [7, 11) is 0. The minimum atomic E-state index is -1.13. The Balaban J connectivity index is 2.80. The van der Waals surface area contributed by atoms with Gasteiger partial charge in [0, 0.05) is 5.02 Å². The molecule has 116 valence electrons. The van der Waals surface area contributed by atoms with Crippen LogP contribution in [0.5, 0.6) is 0 Å². The number of carboxylic acids is 1. The lowest BCUT2D eigenvalue weighted by molar-refractivity contribution is -0.149. The van der Waals surface area contributed by atoms with Crippen molar-refractivity contribution in [2.75, 3.05) is 18.4 Å². The van der Waals surface area contributed by atoms with Crippen molar-refractivity contribution in [2.24, 2.45) is 0 Å². The maximum Gasteiger partial charge on any atom is 0.323 e. The molecule has 0 aliphatic rings. The molecule has 0 radical (unpaired) electrons. The highest BCUT2D eigenvalue weighted by molar-refractivity contribution is 6.35. The number of hydrogen-bond acceptors (Lipinski definition) is 3. The molecule has 21 heavy (non-hydrogen) atoms. The molecule has 0 atom stereocenters. The minimum Gasteiger partial charge on any atom is -0.480 e. The molecule has 0 saturated carbocycles. The molecule has 0 aromatic heterocycles. The maximum atomic E-state index is 12.1. The second-order valence-electron chi connectivity index (χ2n) is 5.05. The van der Waals surface area contributed by atoms with Gasteiger partial charge in [-0.1, -0.05) is 30.1 Å². The predicted molar refractivity (Wildman–Crippen MR) is 84.1 cm³/mol. The van der Waals surface area contributed by atoms with Gasteiger partial charge in [-0.05, 0) is 38.6 Å². The summed E-state index contributed by atoms with van der Waals surface area (Å²) < 4.78 is 0. The average molecular weight is 333 g/mol. The Labute approximate surface area is 133 Å². The molecule has 0 unspecified atom stereocenters. The lowest BCUT2D eigenvalue weighted by atomic mass is 10.0. The normalized spacial score (nSPS) is 11.5. The molecule has 7 heteroatoms. The van der Waals surface area contributed by atoms with Crippen LogP contribution >= 0.6 is 23.2 Å². The number of carbonyl (C=O) groups is 2. The summed E-state index contributed by atoms with van der Waals surface area (Å²) in [4.78, 5) is 24.9. The third kappa shape index (κ3) is 4.59. The molecule has 1 aromatic rings. The van der Waals surface area contributed by atoms with Gasteiger partial charge >= 0.3 is 5.97 Å². The molecule has 0 saturated heterocycles. The fraction of sp³-hybridized carbons (Fsp3) is 0.429. The van der Waals surface area contributed by atoms with Crippen LogP contribution in [-0.4, -0.2) is 40.5 Å². The molecule has 1 rings (SSSR count). The van der Waals surface area contributed by atoms with Gasteiger partial charge in [-0.25, -0.2) is 0 Å². The molecule has 2 N–H and O–H groups in total. The molecule has 0 heterocycles. The molecular weight excluding hydrogens is 315 g/mol. The number of nitrogens with zero attached hydrogens (tertiary/aromatic N) is 1. The van der Waals surface area contributed by atoms with Gasteiger partial charge in [0.05, 0.1) is 17.3 Å². The summed E-state index contributed by atoms with van der Waals surface area (Å²) in [6.45, 7) is 5.27. The van der Waals surface area contributed by atoms with Crippen LogP contribution in [0.1, 0.15) is 20.8 Å². The summed E-state index contributed by atoms with van der Waals surface area (Å²) in [5, 5.41) is 12.7.